The lowest BCUT2D eigenvalue weighted by Gasteiger charge is -2.14. The Morgan fingerprint density at radius 1 is 1.20 bits per heavy atom. The molecule has 1 heterocycles. The first kappa shape index (κ1) is 18.2. The van der Waals surface area contributed by atoms with Crippen LogP contribution in [-0.2, 0) is 12.7 Å². The lowest BCUT2D eigenvalue weighted by molar-refractivity contribution is -0.139. The van der Waals surface area contributed by atoms with E-state index in [-0.39, 0.29) is 25.1 Å². The number of nitriles is 2. The van der Waals surface area contributed by atoms with E-state index in [9.17, 15) is 18.0 Å². The Balaban J connectivity index is 2.54. The molecule has 5 nitrogen and oxygen atoms in total. The quantitative estimate of drug-likeness (QED) is 0.831. The van der Waals surface area contributed by atoms with Crippen LogP contribution >= 0.6 is 0 Å². The average Bonchev–Trinajstić information content (AvgIpc) is 2.59. The molecule has 0 saturated heterocycles. The third-order valence-electron chi connectivity index (χ3n) is 3.53. The van der Waals surface area contributed by atoms with Crippen LogP contribution in [0, 0.1) is 28.6 Å². The predicted molar refractivity (Wildman–Crippen MR) is 82.9 cm³/mol. The number of halogens is 3. The van der Waals surface area contributed by atoms with Crippen LogP contribution in [-0.4, -0.2) is 9.78 Å². The maximum Gasteiger partial charge on any atom is 0.421 e. The molecular formula is C17H13F3N4O. The Hall–Kier alpha value is -3.13. The van der Waals surface area contributed by atoms with Gasteiger partial charge in [-0.1, -0.05) is 30.3 Å². The minimum atomic E-state index is -4.83. The van der Waals surface area contributed by atoms with Crippen molar-refractivity contribution in [2.45, 2.75) is 25.6 Å². The van der Waals surface area contributed by atoms with Crippen LogP contribution in [0.25, 0.3) is 11.3 Å². The van der Waals surface area contributed by atoms with E-state index in [1.807, 2.05) is 12.1 Å². The van der Waals surface area contributed by atoms with Gasteiger partial charge in [0.05, 0.1) is 30.3 Å². The molecule has 0 saturated carbocycles. The van der Waals surface area contributed by atoms with E-state index in [1.165, 1.54) is 0 Å². The molecule has 25 heavy (non-hydrogen) atoms. The topological polar surface area (TPSA) is 82.5 Å². The lowest BCUT2D eigenvalue weighted by atomic mass is 10.1. The average molecular weight is 346 g/mol. The summed E-state index contributed by atoms with van der Waals surface area (Å²) in [6.45, 7) is -0.305. The maximum absolute atomic E-state index is 13.2. The SMILES string of the molecule is N#CCC[C@H](C#N)Cn1nc(-c2ccccc2)cc(C(F)(F)F)c1=O. The molecular weight excluding hydrogens is 333 g/mol. The minimum absolute atomic E-state index is 0.00972. The number of nitrogens with zero attached hydrogens (tertiary/aromatic N) is 4. The molecule has 1 aromatic heterocycles. The van der Waals surface area contributed by atoms with Crippen molar-refractivity contribution in [3.8, 4) is 23.4 Å². The molecule has 0 amide bonds. The number of benzene rings is 1. The van der Waals surface area contributed by atoms with Gasteiger partial charge in [0.2, 0.25) is 0 Å². The summed E-state index contributed by atoms with van der Waals surface area (Å²) in [6.07, 6.45) is -4.62. The van der Waals surface area contributed by atoms with E-state index in [0.29, 0.717) is 16.3 Å². The molecule has 0 aliphatic heterocycles. The molecule has 8 heteroatoms. The Morgan fingerprint density at radius 2 is 1.88 bits per heavy atom. The zero-order chi connectivity index (χ0) is 18.4. The normalized spacial score (nSPS) is 12.2. The second-order valence-corrected chi connectivity index (χ2v) is 5.32. The number of hydrogen-bond acceptors (Lipinski definition) is 4. The van der Waals surface area contributed by atoms with Gasteiger partial charge in [-0.3, -0.25) is 4.79 Å². The summed E-state index contributed by atoms with van der Waals surface area (Å²) < 4.78 is 40.3. The van der Waals surface area contributed by atoms with E-state index >= 15 is 0 Å². The van der Waals surface area contributed by atoms with Crippen molar-refractivity contribution in [1.82, 2.24) is 9.78 Å². The third-order valence-corrected chi connectivity index (χ3v) is 3.53. The van der Waals surface area contributed by atoms with Gasteiger partial charge in [-0.2, -0.15) is 28.8 Å². The second kappa shape index (κ2) is 7.63. The first-order valence-electron chi connectivity index (χ1n) is 7.38. The summed E-state index contributed by atoms with van der Waals surface area (Å²) in [6, 6.07) is 12.6. The third kappa shape index (κ3) is 4.45. The highest BCUT2D eigenvalue weighted by Gasteiger charge is 2.35. The molecule has 0 aliphatic carbocycles. The Labute approximate surface area is 141 Å². The summed E-state index contributed by atoms with van der Waals surface area (Å²) in [4.78, 5) is 12.1. The summed E-state index contributed by atoms with van der Waals surface area (Å²) in [5, 5.41) is 21.7. The molecule has 2 aromatic rings. The van der Waals surface area contributed by atoms with Crippen LogP contribution in [0.15, 0.2) is 41.2 Å². The Morgan fingerprint density at radius 3 is 2.44 bits per heavy atom. The molecule has 0 bridgehead atoms. The van der Waals surface area contributed by atoms with Crippen LogP contribution in [0.2, 0.25) is 0 Å². The van der Waals surface area contributed by atoms with Gasteiger partial charge >= 0.3 is 6.18 Å². The van der Waals surface area contributed by atoms with Crippen molar-refractivity contribution in [2.24, 2.45) is 5.92 Å². The van der Waals surface area contributed by atoms with Crippen LogP contribution in [0.1, 0.15) is 18.4 Å². The standard InChI is InChI=1S/C17H13F3N4O/c18-17(19,20)14-9-15(13-6-2-1-3-7-13)23-24(16(14)25)11-12(10-22)5-4-8-21/h1-3,6-7,9,12H,4-5,11H2/t12-/m1/s1. The molecule has 0 N–H and O–H groups in total. The first-order chi connectivity index (χ1) is 11.9. The fourth-order valence-electron chi connectivity index (χ4n) is 2.26. The molecule has 128 valence electrons. The fourth-order valence-corrected chi connectivity index (χ4v) is 2.26. The molecule has 0 fully saturated rings. The molecule has 1 aromatic carbocycles. The smallest absolute Gasteiger partial charge is 0.267 e. The van der Waals surface area contributed by atoms with Crippen molar-refractivity contribution in [2.75, 3.05) is 0 Å². The van der Waals surface area contributed by atoms with E-state index < -0.39 is 23.2 Å². The maximum atomic E-state index is 13.2. The van der Waals surface area contributed by atoms with Gasteiger partial charge in [-0.05, 0) is 12.5 Å². The van der Waals surface area contributed by atoms with Gasteiger partial charge in [-0.25, -0.2) is 4.68 Å². The Bertz CT molecular complexity index is 876. The van der Waals surface area contributed by atoms with Crippen LogP contribution < -0.4 is 5.56 Å². The van der Waals surface area contributed by atoms with Gasteiger partial charge < -0.3 is 0 Å². The van der Waals surface area contributed by atoms with Crippen molar-refractivity contribution in [1.29, 1.82) is 10.5 Å². The fraction of sp³-hybridized carbons (Fsp3) is 0.294. The van der Waals surface area contributed by atoms with Gasteiger partial charge in [0.1, 0.15) is 5.56 Å². The minimum Gasteiger partial charge on any atom is -0.267 e. The number of alkyl halides is 3. The highest BCUT2D eigenvalue weighted by atomic mass is 19.4. The highest BCUT2D eigenvalue weighted by Crippen LogP contribution is 2.29. The first-order valence-corrected chi connectivity index (χ1v) is 7.38. The molecule has 0 aliphatic rings. The zero-order valence-corrected chi connectivity index (χ0v) is 13.0. The Kier molecular flexibility index (Phi) is 5.56. The summed E-state index contributed by atoms with van der Waals surface area (Å²) in [5.41, 5.74) is -2.22. The van der Waals surface area contributed by atoms with Crippen LogP contribution in [0.4, 0.5) is 13.2 Å². The van der Waals surface area contributed by atoms with Crippen LogP contribution in [0.3, 0.4) is 0 Å². The van der Waals surface area contributed by atoms with Gasteiger partial charge in [0.15, 0.2) is 0 Å². The molecule has 0 spiro atoms. The van der Waals surface area contributed by atoms with E-state index in [0.717, 1.165) is 0 Å². The van der Waals surface area contributed by atoms with Gasteiger partial charge in [-0.15, -0.1) is 0 Å². The summed E-state index contributed by atoms with van der Waals surface area (Å²) in [5.74, 6) is -0.781. The van der Waals surface area contributed by atoms with Crippen molar-refractivity contribution in [3.63, 3.8) is 0 Å². The number of rotatable bonds is 5. The monoisotopic (exact) mass is 346 g/mol. The van der Waals surface area contributed by atoms with E-state index in [2.05, 4.69) is 5.10 Å². The number of aromatic nitrogens is 2. The van der Waals surface area contributed by atoms with E-state index in [1.54, 1.807) is 30.3 Å². The zero-order valence-electron chi connectivity index (χ0n) is 13.0. The van der Waals surface area contributed by atoms with Crippen molar-refractivity contribution in [3.05, 3.63) is 52.3 Å². The predicted octanol–water partition coefficient (Wildman–Crippen LogP) is 3.37. The van der Waals surface area contributed by atoms with E-state index in [4.69, 9.17) is 10.5 Å². The summed E-state index contributed by atoms with van der Waals surface area (Å²) in [7, 11) is 0. The second-order valence-electron chi connectivity index (χ2n) is 5.32. The van der Waals surface area contributed by atoms with Crippen molar-refractivity contribution >= 4 is 0 Å². The van der Waals surface area contributed by atoms with Crippen LogP contribution in [0.5, 0.6) is 0 Å². The number of hydrogen-bond donors (Lipinski definition) is 0. The van der Waals surface area contributed by atoms with Gasteiger partial charge in [0, 0.05) is 12.0 Å². The molecule has 0 radical (unpaired) electrons. The largest absolute Gasteiger partial charge is 0.421 e. The van der Waals surface area contributed by atoms with Crippen molar-refractivity contribution < 1.29 is 13.2 Å². The highest BCUT2D eigenvalue weighted by molar-refractivity contribution is 5.59. The van der Waals surface area contributed by atoms with Gasteiger partial charge in [0.25, 0.3) is 5.56 Å². The lowest BCUT2D eigenvalue weighted by Crippen LogP contribution is -2.32. The summed E-state index contributed by atoms with van der Waals surface area (Å²) >= 11 is 0. The molecule has 0 unspecified atom stereocenters. The molecule has 2 rings (SSSR count). The molecule has 1 atom stereocenters.